The smallest absolute Gasteiger partial charge is 0.273 e. The third kappa shape index (κ3) is 18.4. The first-order valence-corrected chi connectivity index (χ1v) is 11.1. The van der Waals surface area contributed by atoms with Crippen LogP contribution in [0.1, 0.15) is 103 Å². The molecule has 0 unspecified atom stereocenters. The van der Waals surface area contributed by atoms with Crippen LogP contribution in [0.5, 0.6) is 0 Å². The number of unbranched alkanes of at least 4 members (excludes halogenated alkanes) is 13. The number of carbonyl (C=O) groups is 1. The molecule has 0 aromatic rings. The Bertz CT molecular complexity index is 307. The highest BCUT2D eigenvalue weighted by Crippen LogP contribution is 2.13. The number of hydrogen-bond acceptors (Lipinski definition) is 5. The molecule has 27 heavy (non-hydrogen) atoms. The zero-order valence-corrected chi connectivity index (χ0v) is 17.5. The number of aliphatic hydroxyl groups is 2. The van der Waals surface area contributed by atoms with Crippen LogP contribution in [0.4, 0.5) is 0 Å². The van der Waals surface area contributed by atoms with Gasteiger partial charge in [0.1, 0.15) is 13.2 Å². The monoisotopic (exact) mass is 389 g/mol. The lowest BCUT2D eigenvalue weighted by molar-refractivity contribution is -0.345. The topological polar surface area (TPSA) is 79.2 Å². The average Bonchev–Trinajstić information content (AvgIpc) is 2.68. The van der Waals surface area contributed by atoms with E-state index in [-0.39, 0.29) is 32.3 Å². The highest BCUT2D eigenvalue weighted by Gasteiger charge is 2.15. The third-order valence-corrected chi connectivity index (χ3v) is 4.55. The minimum Gasteiger partial charge on any atom is -0.394 e. The Morgan fingerprint density at radius 3 is 1.41 bits per heavy atom. The predicted octanol–water partition coefficient (Wildman–Crippen LogP) is 4.53. The molecule has 0 aromatic carbocycles. The largest absolute Gasteiger partial charge is 0.394 e. The number of carbonyl (C=O) groups excluding carboxylic acids is 1. The molecule has 0 radical (unpaired) electrons. The first-order valence-electron chi connectivity index (χ1n) is 11.1. The van der Waals surface area contributed by atoms with Gasteiger partial charge in [0.15, 0.2) is 0 Å². The maximum atomic E-state index is 12.0. The molecule has 0 aliphatic carbocycles. The second kappa shape index (κ2) is 21.6. The average molecular weight is 390 g/mol. The van der Waals surface area contributed by atoms with Crippen LogP contribution < -0.4 is 0 Å². The third-order valence-electron chi connectivity index (χ3n) is 4.55. The minimum atomic E-state index is -0.268. The van der Waals surface area contributed by atoms with Crippen LogP contribution >= 0.6 is 0 Å². The van der Waals surface area contributed by atoms with E-state index in [1.807, 2.05) is 0 Å². The molecule has 0 fully saturated rings. The summed E-state index contributed by atoms with van der Waals surface area (Å²) in [6.07, 6.45) is 18.2. The molecule has 162 valence electrons. The summed E-state index contributed by atoms with van der Waals surface area (Å²) in [5, 5.41) is 18.3. The van der Waals surface area contributed by atoms with E-state index in [1.165, 1.54) is 70.6 Å². The highest BCUT2D eigenvalue weighted by molar-refractivity contribution is 5.73. The summed E-state index contributed by atoms with van der Waals surface area (Å²) in [6.45, 7) is 1.87. The number of aliphatic hydroxyl groups excluding tert-OH is 2. The fourth-order valence-electron chi connectivity index (χ4n) is 2.99. The van der Waals surface area contributed by atoms with Gasteiger partial charge in [-0.25, -0.2) is 9.68 Å². The lowest BCUT2D eigenvalue weighted by atomic mass is 10.0. The standard InChI is InChI=1S/C21H43NO5/c1-2-3-4-5-6-7-8-9-10-11-12-13-14-15-16-21(25)22(26-19-17-23)27-20-18-24/h23-24H,2-20H2,1H3. The maximum Gasteiger partial charge on any atom is 0.273 e. The molecule has 0 heterocycles. The summed E-state index contributed by atoms with van der Waals surface area (Å²) >= 11 is 0. The summed E-state index contributed by atoms with van der Waals surface area (Å²) in [4.78, 5) is 22.0. The Balaban J connectivity index is 3.44. The van der Waals surface area contributed by atoms with E-state index in [1.54, 1.807) is 0 Å². The first kappa shape index (κ1) is 26.3. The van der Waals surface area contributed by atoms with Gasteiger partial charge in [-0.1, -0.05) is 95.6 Å². The first-order chi connectivity index (χ1) is 13.3. The van der Waals surface area contributed by atoms with Gasteiger partial charge in [-0.2, -0.15) is 0 Å². The van der Waals surface area contributed by atoms with Crippen LogP contribution in [-0.2, 0) is 14.5 Å². The quantitative estimate of drug-likeness (QED) is 0.223. The Morgan fingerprint density at radius 1 is 0.667 bits per heavy atom. The Labute approximate surface area is 166 Å². The molecule has 1 amide bonds. The van der Waals surface area contributed by atoms with Gasteiger partial charge < -0.3 is 10.2 Å². The molecule has 0 aliphatic heterocycles. The van der Waals surface area contributed by atoms with Gasteiger partial charge >= 0.3 is 0 Å². The Kier molecular flexibility index (Phi) is 21.1. The Hall–Kier alpha value is -0.690. The summed E-state index contributed by atoms with van der Waals surface area (Å²) in [5.74, 6) is -0.268. The van der Waals surface area contributed by atoms with Crippen LogP contribution in [0.3, 0.4) is 0 Å². The molecule has 0 bridgehead atoms. The van der Waals surface area contributed by atoms with Gasteiger partial charge in [-0.3, -0.25) is 4.79 Å². The fourth-order valence-corrected chi connectivity index (χ4v) is 2.99. The minimum absolute atomic E-state index is 0.00406. The molecule has 2 N–H and O–H groups in total. The van der Waals surface area contributed by atoms with E-state index < -0.39 is 0 Å². The van der Waals surface area contributed by atoms with Crippen molar-refractivity contribution in [2.75, 3.05) is 26.4 Å². The molecule has 0 aromatic heterocycles. The molecule has 0 aliphatic rings. The summed E-state index contributed by atoms with van der Waals surface area (Å²) in [5.41, 5.74) is 0. The fraction of sp³-hybridized carbons (Fsp3) is 0.952. The summed E-state index contributed by atoms with van der Waals surface area (Å²) < 4.78 is 0. The summed E-state index contributed by atoms with van der Waals surface area (Å²) in [7, 11) is 0. The number of nitrogens with zero attached hydrogens (tertiary/aromatic N) is 1. The number of hydroxylamine groups is 2. The lowest BCUT2D eigenvalue weighted by Crippen LogP contribution is -2.33. The maximum absolute atomic E-state index is 12.0. The molecule has 6 heteroatoms. The lowest BCUT2D eigenvalue weighted by Gasteiger charge is -2.19. The predicted molar refractivity (Wildman–Crippen MR) is 108 cm³/mol. The van der Waals surface area contributed by atoms with Crippen molar-refractivity contribution in [3.63, 3.8) is 0 Å². The molecule has 0 saturated heterocycles. The van der Waals surface area contributed by atoms with E-state index >= 15 is 0 Å². The van der Waals surface area contributed by atoms with Crippen molar-refractivity contribution in [3.05, 3.63) is 0 Å². The Morgan fingerprint density at radius 2 is 1.04 bits per heavy atom. The molecular weight excluding hydrogens is 346 g/mol. The van der Waals surface area contributed by atoms with Crippen LogP contribution in [0.2, 0.25) is 0 Å². The molecule has 6 nitrogen and oxygen atoms in total. The molecule has 0 atom stereocenters. The van der Waals surface area contributed by atoms with Crippen molar-refractivity contribution in [2.24, 2.45) is 0 Å². The molecule has 0 rings (SSSR count). The van der Waals surface area contributed by atoms with Gasteiger partial charge in [0, 0.05) is 6.42 Å². The van der Waals surface area contributed by atoms with Gasteiger partial charge in [0.2, 0.25) is 0 Å². The van der Waals surface area contributed by atoms with E-state index in [2.05, 4.69) is 6.92 Å². The van der Waals surface area contributed by atoms with Gasteiger partial charge in [-0.15, -0.1) is 0 Å². The highest BCUT2D eigenvalue weighted by atomic mass is 17.0. The molecule has 0 saturated carbocycles. The zero-order valence-electron chi connectivity index (χ0n) is 17.5. The SMILES string of the molecule is CCCCCCCCCCCCCCCCC(=O)N(OCCO)OCCO. The number of amides is 1. The van der Waals surface area contributed by atoms with E-state index in [4.69, 9.17) is 19.9 Å². The number of hydrogen-bond donors (Lipinski definition) is 2. The van der Waals surface area contributed by atoms with Crippen molar-refractivity contribution >= 4 is 5.91 Å². The van der Waals surface area contributed by atoms with E-state index in [9.17, 15) is 4.79 Å². The van der Waals surface area contributed by atoms with Crippen molar-refractivity contribution in [2.45, 2.75) is 103 Å². The second-order valence-electron chi connectivity index (χ2n) is 7.11. The zero-order chi connectivity index (χ0) is 20.0. The van der Waals surface area contributed by atoms with Gasteiger partial charge in [0.25, 0.3) is 5.91 Å². The van der Waals surface area contributed by atoms with E-state index in [0.29, 0.717) is 6.42 Å². The van der Waals surface area contributed by atoms with Crippen LogP contribution in [0.15, 0.2) is 0 Å². The second-order valence-corrected chi connectivity index (χ2v) is 7.11. The van der Waals surface area contributed by atoms with Crippen molar-refractivity contribution in [1.82, 2.24) is 5.23 Å². The van der Waals surface area contributed by atoms with Crippen LogP contribution in [0.25, 0.3) is 0 Å². The van der Waals surface area contributed by atoms with Gasteiger partial charge in [0.05, 0.1) is 13.2 Å². The van der Waals surface area contributed by atoms with Crippen LogP contribution in [0, 0.1) is 0 Å². The molecular formula is C21H43NO5. The van der Waals surface area contributed by atoms with Crippen LogP contribution in [-0.4, -0.2) is 47.8 Å². The van der Waals surface area contributed by atoms with Crippen molar-refractivity contribution in [3.8, 4) is 0 Å². The normalized spacial score (nSPS) is 11.1. The number of rotatable bonds is 21. The van der Waals surface area contributed by atoms with Gasteiger partial charge in [-0.05, 0) is 6.42 Å². The van der Waals surface area contributed by atoms with Crippen molar-refractivity contribution in [1.29, 1.82) is 0 Å². The summed E-state index contributed by atoms with van der Waals surface area (Å²) in [6, 6.07) is 0. The van der Waals surface area contributed by atoms with E-state index in [0.717, 1.165) is 24.5 Å². The van der Waals surface area contributed by atoms with Crippen molar-refractivity contribution < 1.29 is 24.7 Å². The molecule has 0 spiro atoms.